The Kier molecular flexibility index (Phi) is 6.47. The minimum Gasteiger partial charge on any atom is -0.373 e. The van der Waals surface area contributed by atoms with E-state index in [0.717, 1.165) is 36.7 Å². The Morgan fingerprint density at radius 2 is 2.31 bits per heavy atom. The zero-order valence-corrected chi connectivity index (χ0v) is 17.2. The van der Waals surface area contributed by atoms with Crippen LogP contribution in [0.5, 0.6) is 0 Å². The molecule has 8 heteroatoms. The van der Waals surface area contributed by atoms with E-state index in [1.165, 1.54) is 6.42 Å². The zero-order valence-electron chi connectivity index (χ0n) is 14.8. The van der Waals surface area contributed by atoms with Gasteiger partial charge in [-0.25, -0.2) is 15.0 Å². The van der Waals surface area contributed by atoms with E-state index < -0.39 is 0 Å². The summed E-state index contributed by atoms with van der Waals surface area (Å²) < 4.78 is 7.84. The third-order valence-electron chi connectivity index (χ3n) is 4.80. The highest BCUT2D eigenvalue weighted by atomic mass is 127. The maximum Gasteiger partial charge on any atom is 0.191 e. The molecule has 2 N–H and O–H groups in total. The minimum absolute atomic E-state index is 0. The molecule has 2 aromatic rings. The van der Waals surface area contributed by atoms with Crippen molar-refractivity contribution >= 4 is 29.9 Å². The van der Waals surface area contributed by atoms with Gasteiger partial charge in [-0.05, 0) is 32.3 Å². The van der Waals surface area contributed by atoms with Crippen LogP contribution in [0, 0.1) is 0 Å². The maximum atomic E-state index is 5.93. The summed E-state index contributed by atoms with van der Waals surface area (Å²) in [6.07, 6.45) is 11.4. The summed E-state index contributed by atoms with van der Waals surface area (Å²) in [5, 5.41) is 6.88. The van der Waals surface area contributed by atoms with Crippen LogP contribution in [0.3, 0.4) is 0 Å². The summed E-state index contributed by atoms with van der Waals surface area (Å²) in [5.74, 6) is 1.70. The van der Waals surface area contributed by atoms with Gasteiger partial charge in [0.1, 0.15) is 12.1 Å². The number of nitrogens with one attached hydrogen (secondary N) is 2. The number of aliphatic imine (C=N–C) groups is 1. The molecule has 0 spiro atoms. The highest BCUT2D eigenvalue weighted by Gasteiger charge is 2.41. The highest BCUT2D eigenvalue weighted by Crippen LogP contribution is 2.34. The predicted molar refractivity (Wildman–Crippen MR) is 111 cm³/mol. The number of hydrogen-bond acceptors (Lipinski definition) is 4. The van der Waals surface area contributed by atoms with Gasteiger partial charge in [0, 0.05) is 30.7 Å². The molecule has 26 heavy (non-hydrogen) atoms. The molecule has 2 aliphatic rings. The molecular formula is C18H25IN6O. The molecule has 0 amide bonds. The van der Waals surface area contributed by atoms with Crippen molar-refractivity contribution in [2.45, 2.75) is 51.0 Å². The summed E-state index contributed by atoms with van der Waals surface area (Å²) in [7, 11) is 0. The van der Waals surface area contributed by atoms with Gasteiger partial charge in [-0.3, -0.25) is 4.57 Å². The minimum atomic E-state index is 0. The number of ether oxygens (including phenoxy) is 1. The molecule has 7 nitrogen and oxygen atoms in total. The lowest BCUT2D eigenvalue weighted by atomic mass is 9.96. The fourth-order valence-corrected chi connectivity index (χ4v) is 3.62. The van der Waals surface area contributed by atoms with Crippen molar-refractivity contribution in [2.75, 3.05) is 6.54 Å². The van der Waals surface area contributed by atoms with E-state index >= 15 is 0 Å². The van der Waals surface area contributed by atoms with Gasteiger partial charge in [0.2, 0.25) is 0 Å². The van der Waals surface area contributed by atoms with Crippen molar-refractivity contribution in [1.82, 2.24) is 25.2 Å². The first-order valence-corrected chi connectivity index (χ1v) is 8.96. The van der Waals surface area contributed by atoms with Gasteiger partial charge < -0.3 is 15.4 Å². The van der Waals surface area contributed by atoms with Crippen LogP contribution in [0.4, 0.5) is 0 Å². The van der Waals surface area contributed by atoms with Gasteiger partial charge in [-0.1, -0.05) is 6.07 Å². The number of rotatable bonds is 5. The van der Waals surface area contributed by atoms with Crippen molar-refractivity contribution in [1.29, 1.82) is 0 Å². The number of guanidine groups is 1. The SMILES string of the molecule is CCNC(=NCc1cccnc1-n1ccnc1)NC1CC2CCC1O2.I. The standard InChI is InChI=1S/C18H24N6O.HI/c1-2-20-18(23-15-10-14-5-6-16(15)25-14)22-11-13-4-3-7-21-17(13)24-9-8-19-12-24;/h3-4,7-9,12,14-16H,2,5-6,10-11H2,1H3,(H2,20,22,23);1H. The molecule has 2 aromatic heterocycles. The third-order valence-corrected chi connectivity index (χ3v) is 4.80. The molecule has 2 aliphatic heterocycles. The van der Waals surface area contributed by atoms with Crippen LogP contribution in [0.25, 0.3) is 5.82 Å². The molecule has 4 heterocycles. The summed E-state index contributed by atoms with van der Waals surface area (Å²) in [5.41, 5.74) is 1.06. The molecule has 4 rings (SSSR count). The molecule has 140 valence electrons. The predicted octanol–water partition coefficient (Wildman–Crippen LogP) is 2.26. The maximum absolute atomic E-state index is 5.93. The monoisotopic (exact) mass is 468 g/mol. The number of aromatic nitrogens is 3. The second kappa shape index (κ2) is 8.81. The summed E-state index contributed by atoms with van der Waals surface area (Å²) >= 11 is 0. The molecule has 0 saturated carbocycles. The van der Waals surface area contributed by atoms with E-state index in [4.69, 9.17) is 9.73 Å². The van der Waals surface area contributed by atoms with Crippen molar-refractivity contribution < 1.29 is 4.74 Å². The van der Waals surface area contributed by atoms with E-state index in [9.17, 15) is 0 Å². The van der Waals surface area contributed by atoms with Gasteiger partial charge in [0.25, 0.3) is 0 Å². The highest BCUT2D eigenvalue weighted by molar-refractivity contribution is 14.0. The average molecular weight is 468 g/mol. The zero-order chi connectivity index (χ0) is 17.1. The molecule has 3 unspecified atom stereocenters. The molecule has 0 radical (unpaired) electrons. The van der Waals surface area contributed by atoms with Crippen LogP contribution in [0.2, 0.25) is 0 Å². The smallest absolute Gasteiger partial charge is 0.191 e. The average Bonchev–Trinajstić information content (AvgIpc) is 3.38. The van der Waals surface area contributed by atoms with Crippen LogP contribution >= 0.6 is 24.0 Å². The fourth-order valence-electron chi connectivity index (χ4n) is 3.62. The lowest BCUT2D eigenvalue weighted by Gasteiger charge is -2.22. The second-order valence-electron chi connectivity index (χ2n) is 6.51. The van der Waals surface area contributed by atoms with Crippen LogP contribution in [0.15, 0.2) is 42.0 Å². The molecule has 0 aliphatic carbocycles. The number of halogens is 1. The van der Waals surface area contributed by atoms with Crippen LogP contribution in [-0.4, -0.2) is 45.3 Å². The molecule has 2 bridgehead atoms. The Balaban J connectivity index is 0.00000196. The van der Waals surface area contributed by atoms with Crippen molar-refractivity contribution in [3.63, 3.8) is 0 Å². The first-order valence-electron chi connectivity index (χ1n) is 8.96. The Hall–Kier alpha value is -1.68. The largest absolute Gasteiger partial charge is 0.373 e. The summed E-state index contributed by atoms with van der Waals surface area (Å²) in [4.78, 5) is 13.3. The van der Waals surface area contributed by atoms with Crippen LogP contribution in [-0.2, 0) is 11.3 Å². The Morgan fingerprint density at radius 1 is 1.38 bits per heavy atom. The number of pyridine rings is 1. The van der Waals surface area contributed by atoms with Gasteiger partial charge in [0.15, 0.2) is 5.96 Å². The third kappa shape index (κ3) is 4.17. The second-order valence-corrected chi connectivity index (χ2v) is 6.51. The van der Waals surface area contributed by atoms with Crippen molar-refractivity contribution in [2.24, 2.45) is 4.99 Å². The summed E-state index contributed by atoms with van der Waals surface area (Å²) in [6, 6.07) is 4.35. The molecule has 2 fully saturated rings. The van der Waals surface area contributed by atoms with Gasteiger partial charge in [-0.15, -0.1) is 24.0 Å². The lowest BCUT2D eigenvalue weighted by Crippen LogP contribution is -2.47. The van der Waals surface area contributed by atoms with Gasteiger partial charge >= 0.3 is 0 Å². The van der Waals surface area contributed by atoms with Crippen molar-refractivity contribution in [3.8, 4) is 5.82 Å². The first-order chi connectivity index (χ1) is 12.3. The quantitative estimate of drug-likeness (QED) is 0.400. The Labute approximate surface area is 170 Å². The van der Waals surface area contributed by atoms with Crippen LogP contribution in [0.1, 0.15) is 31.7 Å². The van der Waals surface area contributed by atoms with Crippen molar-refractivity contribution in [3.05, 3.63) is 42.6 Å². The molecule has 2 saturated heterocycles. The van der Waals surface area contributed by atoms with E-state index in [0.29, 0.717) is 24.8 Å². The van der Waals surface area contributed by atoms with Gasteiger partial charge in [-0.2, -0.15) is 0 Å². The van der Waals surface area contributed by atoms with E-state index in [1.807, 2.05) is 16.8 Å². The number of fused-ring (bicyclic) bond motifs is 2. The topological polar surface area (TPSA) is 76.4 Å². The van der Waals surface area contributed by atoms with Gasteiger partial charge in [0.05, 0.1) is 24.8 Å². The summed E-state index contributed by atoms with van der Waals surface area (Å²) in [6.45, 7) is 3.46. The van der Waals surface area contributed by atoms with Crippen LogP contribution < -0.4 is 10.6 Å². The molecule has 0 aromatic carbocycles. The molecule has 3 atom stereocenters. The molecular weight excluding hydrogens is 443 g/mol. The number of nitrogens with zero attached hydrogens (tertiary/aromatic N) is 4. The Morgan fingerprint density at radius 3 is 3.00 bits per heavy atom. The van der Waals surface area contributed by atoms with E-state index in [2.05, 4.69) is 33.6 Å². The first kappa shape index (κ1) is 19.1. The van der Waals surface area contributed by atoms with E-state index in [-0.39, 0.29) is 24.0 Å². The number of imidazole rings is 1. The lowest BCUT2D eigenvalue weighted by molar-refractivity contribution is 0.0992. The normalized spacial score (nSPS) is 24.3. The van der Waals surface area contributed by atoms with E-state index in [1.54, 1.807) is 18.7 Å². The Bertz CT molecular complexity index is 735. The fraction of sp³-hybridized carbons (Fsp3) is 0.500. The number of hydrogen-bond donors (Lipinski definition) is 2.